The van der Waals surface area contributed by atoms with Crippen LogP contribution in [0.15, 0.2) is 200 Å². The summed E-state index contributed by atoms with van der Waals surface area (Å²) in [5.41, 5.74) is 15.5. The van der Waals surface area contributed by atoms with E-state index in [0.29, 0.717) is 0 Å². The van der Waals surface area contributed by atoms with Crippen LogP contribution in [0.4, 0.5) is 0 Å². The Labute approximate surface area is 331 Å². The van der Waals surface area contributed by atoms with Gasteiger partial charge in [0.1, 0.15) is 0 Å². The Morgan fingerprint density at radius 2 is 0.912 bits per heavy atom. The lowest BCUT2D eigenvalue weighted by Crippen LogP contribution is -1.94. The molecule has 11 aromatic rings. The highest BCUT2D eigenvalue weighted by atomic mass is 15.0. The molecule has 0 fully saturated rings. The number of hydrogen-bond acceptors (Lipinski definition) is 0. The van der Waals surface area contributed by atoms with Gasteiger partial charge in [0.15, 0.2) is 0 Å². The van der Waals surface area contributed by atoms with Crippen LogP contribution in [-0.2, 0) is 0 Å². The van der Waals surface area contributed by atoms with E-state index in [1.165, 1.54) is 93.4 Å². The third-order valence-corrected chi connectivity index (χ3v) is 11.7. The van der Waals surface area contributed by atoms with Crippen LogP contribution in [0.25, 0.3) is 105 Å². The second-order valence-electron chi connectivity index (χ2n) is 14.8. The Morgan fingerprint density at radius 1 is 0.386 bits per heavy atom. The second-order valence-corrected chi connectivity index (χ2v) is 14.8. The molecule has 0 aliphatic rings. The van der Waals surface area contributed by atoms with E-state index < -0.39 is 0 Å². The fourth-order valence-electron chi connectivity index (χ4n) is 9.24. The molecule has 0 spiro atoms. The normalized spacial score (nSPS) is 12.4. The summed E-state index contributed by atoms with van der Waals surface area (Å²) in [5, 5.41) is 7.50. The predicted octanol–water partition coefficient (Wildman–Crippen LogP) is 14.8. The summed E-state index contributed by atoms with van der Waals surface area (Å²) in [7, 11) is 0. The number of benzene rings is 8. The van der Waals surface area contributed by atoms with Crippen molar-refractivity contribution in [3.8, 4) is 33.6 Å². The standard InChI is InChI=1S/C54H39N3/c1-3-16-39(4-2)55-49-25-14-12-22-44(49)46-33-36(28-31-50(46)55)37-29-32-51-47(34-37)54-42(23-15-26-52(54)56(51)40-17-7-5-8-18-40)38-27-30-45-43-21-11-13-24-48(43)57(53(45)35-38)41-19-9-6-10-20-41/h3-35H,1-2H3/b16-3-,39-4+. The van der Waals surface area contributed by atoms with Crippen LogP contribution in [-0.4, -0.2) is 13.7 Å². The topological polar surface area (TPSA) is 14.8 Å². The minimum atomic E-state index is 1.15. The lowest BCUT2D eigenvalue weighted by molar-refractivity contribution is 1.18. The number of nitrogens with zero attached hydrogens (tertiary/aromatic N) is 3. The van der Waals surface area contributed by atoms with E-state index >= 15 is 0 Å². The van der Waals surface area contributed by atoms with E-state index in [0.717, 1.165) is 11.4 Å². The highest BCUT2D eigenvalue weighted by molar-refractivity contribution is 6.18. The maximum atomic E-state index is 2.42. The molecule has 0 unspecified atom stereocenters. The molecular weight excluding hydrogens is 691 g/mol. The van der Waals surface area contributed by atoms with Gasteiger partial charge in [0, 0.05) is 49.4 Å². The van der Waals surface area contributed by atoms with Crippen LogP contribution >= 0.6 is 0 Å². The highest BCUT2D eigenvalue weighted by Gasteiger charge is 2.20. The van der Waals surface area contributed by atoms with E-state index in [1.54, 1.807) is 0 Å². The Hall–Kier alpha value is -7.36. The van der Waals surface area contributed by atoms with Crippen LogP contribution in [0.3, 0.4) is 0 Å². The molecule has 270 valence electrons. The number of aromatic nitrogens is 3. The summed E-state index contributed by atoms with van der Waals surface area (Å²) in [6.45, 7) is 4.19. The minimum Gasteiger partial charge on any atom is -0.310 e. The molecule has 57 heavy (non-hydrogen) atoms. The lowest BCUT2D eigenvalue weighted by atomic mass is 9.96. The predicted molar refractivity (Wildman–Crippen MR) is 244 cm³/mol. The Morgan fingerprint density at radius 3 is 1.61 bits per heavy atom. The molecule has 8 aromatic carbocycles. The summed E-state index contributed by atoms with van der Waals surface area (Å²) in [5.74, 6) is 0. The van der Waals surface area contributed by atoms with Crippen molar-refractivity contribution in [3.05, 3.63) is 200 Å². The van der Waals surface area contributed by atoms with Crippen LogP contribution in [0, 0.1) is 0 Å². The van der Waals surface area contributed by atoms with Crippen LogP contribution in [0.5, 0.6) is 0 Å². The SMILES string of the molecule is C/C=C\C(=C/C)n1c2ccccc2c2cc(-c3ccc4c(c3)c3c(-c5ccc6c7ccccc7n(-c7ccccc7)c6c5)cccc3n4-c3ccccc3)ccc21. The Bertz CT molecular complexity index is 3410. The van der Waals surface area contributed by atoms with Crippen molar-refractivity contribution in [3.63, 3.8) is 0 Å². The lowest BCUT2D eigenvalue weighted by Gasteiger charge is -2.10. The number of hydrogen-bond donors (Lipinski definition) is 0. The molecule has 0 radical (unpaired) electrons. The maximum Gasteiger partial charge on any atom is 0.0547 e. The van der Waals surface area contributed by atoms with Gasteiger partial charge in [0.25, 0.3) is 0 Å². The van der Waals surface area contributed by atoms with Gasteiger partial charge >= 0.3 is 0 Å². The first kappa shape index (κ1) is 33.0. The third kappa shape index (κ3) is 5.06. The number of allylic oxidation sites excluding steroid dienone is 4. The molecule has 0 bridgehead atoms. The molecule has 3 heterocycles. The first-order valence-electron chi connectivity index (χ1n) is 19.8. The average Bonchev–Trinajstić information content (AvgIpc) is 3.91. The van der Waals surface area contributed by atoms with E-state index in [2.05, 4.69) is 228 Å². The zero-order chi connectivity index (χ0) is 38.0. The highest BCUT2D eigenvalue weighted by Crippen LogP contribution is 2.43. The Balaban J connectivity index is 1.17. The molecule has 0 N–H and O–H groups in total. The van der Waals surface area contributed by atoms with Crippen LogP contribution < -0.4 is 0 Å². The van der Waals surface area contributed by atoms with Crippen molar-refractivity contribution < 1.29 is 0 Å². The molecule has 0 aliphatic carbocycles. The number of fused-ring (bicyclic) bond motifs is 9. The van der Waals surface area contributed by atoms with Crippen molar-refractivity contribution in [2.75, 3.05) is 0 Å². The van der Waals surface area contributed by atoms with Crippen molar-refractivity contribution in [1.82, 2.24) is 13.7 Å². The van der Waals surface area contributed by atoms with Gasteiger partial charge in [-0.1, -0.05) is 121 Å². The molecule has 0 saturated carbocycles. The van der Waals surface area contributed by atoms with Crippen molar-refractivity contribution in [1.29, 1.82) is 0 Å². The molecule has 0 amide bonds. The molecule has 3 aromatic heterocycles. The van der Waals surface area contributed by atoms with Gasteiger partial charge in [-0.05, 0) is 115 Å². The average molecular weight is 730 g/mol. The summed E-state index contributed by atoms with van der Waals surface area (Å²) in [4.78, 5) is 0. The molecule has 3 nitrogen and oxygen atoms in total. The van der Waals surface area contributed by atoms with E-state index in [-0.39, 0.29) is 0 Å². The largest absolute Gasteiger partial charge is 0.310 e. The molecule has 3 heteroatoms. The zero-order valence-corrected chi connectivity index (χ0v) is 31.9. The fraction of sp³-hybridized carbons (Fsp3) is 0.0370. The molecule has 0 saturated heterocycles. The van der Waals surface area contributed by atoms with E-state index in [4.69, 9.17) is 0 Å². The first-order valence-corrected chi connectivity index (χ1v) is 19.8. The van der Waals surface area contributed by atoms with Gasteiger partial charge < -0.3 is 13.7 Å². The number of rotatable bonds is 6. The molecule has 11 rings (SSSR count). The van der Waals surface area contributed by atoms with Gasteiger partial charge in [-0.2, -0.15) is 0 Å². The zero-order valence-electron chi connectivity index (χ0n) is 31.9. The van der Waals surface area contributed by atoms with Crippen molar-refractivity contribution in [2.24, 2.45) is 0 Å². The van der Waals surface area contributed by atoms with Gasteiger partial charge in [-0.25, -0.2) is 0 Å². The van der Waals surface area contributed by atoms with Crippen LogP contribution in [0.1, 0.15) is 13.8 Å². The van der Waals surface area contributed by atoms with Gasteiger partial charge in [0.2, 0.25) is 0 Å². The van der Waals surface area contributed by atoms with E-state index in [1.807, 2.05) is 0 Å². The molecule has 0 atom stereocenters. The maximum absolute atomic E-state index is 2.42. The quantitative estimate of drug-likeness (QED) is 0.151. The van der Waals surface area contributed by atoms with E-state index in [9.17, 15) is 0 Å². The monoisotopic (exact) mass is 729 g/mol. The van der Waals surface area contributed by atoms with Crippen LogP contribution in [0.2, 0.25) is 0 Å². The summed E-state index contributed by atoms with van der Waals surface area (Å²) in [6, 6.07) is 66.8. The van der Waals surface area contributed by atoms with Crippen molar-refractivity contribution >= 4 is 71.1 Å². The fourth-order valence-corrected chi connectivity index (χ4v) is 9.24. The Kier molecular flexibility index (Phi) is 7.61. The summed E-state index contributed by atoms with van der Waals surface area (Å²) >= 11 is 0. The molecular formula is C54H39N3. The van der Waals surface area contributed by atoms with Gasteiger partial charge in [-0.3, -0.25) is 0 Å². The number of para-hydroxylation sites is 4. The first-order chi connectivity index (χ1) is 28.2. The summed E-state index contributed by atoms with van der Waals surface area (Å²) < 4.78 is 7.21. The van der Waals surface area contributed by atoms with Gasteiger partial charge in [-0.15, -0.1) is 0 Å². The molecule has 0 aliphatic heterocycles. The van der Waals surface area contributed by atoms with Crippen molar-refractivity contribution in [2.45, 2.75) is 13.8 Å². The minimum absolute atomic E-state index is 1.15. The summed E-state index contributed by atoms with van der Waals surface area (Å²) in [6.07, 6.45) is 6.49. The second kappa shape index (κ2) is 13.1. The van der Waals surface area contributed by atoms with Gasteiger partial charge in [0.05, 0.1) is 33.1 Å². The smallest absolute Gasteiger partial charge is 0.0547 e. The third-order valence-electron chi connectivity index (χ3n) is 11.7.